The average molecular weight is 743 g/mol. The summed E-state index contributed by atoms with van der Waals surface area (Å²) in [5, 5.41) is 2.27. The summed E-state index contributed by atoms with van der Waals surface area (Å²) < 4.78 is 14.7. The summed E-state index contributed by atoms with van der Waals surface area (Å²) >= 11 is 0. The van der Waals surface area contributed by atoms with Gasteiger partial charge in [-0.05, 0) is 91.3 Å². The van der Waals surface area contributed by atoms with Crippen LogP contribution in [0.1, 0.15) is 85.0 Å². The molecule has 5 aromatic carbocycles. The first-order chi connectivity index (χ1) is 27.8. The second-order valence-corrected chi connectivity index (χ2v) is 16.6. The van der Waals surface area contributed by atoms with Crippen molar-refractivity contribution in [1.82, 2.24) is 4.57 Å². The highest BCUT2D eigenvalue weighted by Crippen LogP contribution is 2.47. The lowest BCUT2D eigenvalue weighted by atomic mass is 9.78. The summed E-state index contributed by atoms with van der Waals surface area (Å²) in [6, 6.07) is 42.4. The average Bonchev–Trinajstić information content (AvgIpc) is 3.78. The lowest BCUT2D eigenvalue weighted by Crippen LogP contribution is -2.46. The predicted molar refractivity (Wildman–Crippen MR) is 232 cm³/mol. The van der Waals surface area contributed by atoms with Crippen molar-refractivity contribution < 1.29 is 13.6 Å². The first kappa shape index (κ1) is 34.0. The lowest BCUT2D eigenvalue weighted by molar-refractivity contribution is -0.696. The van der Waals surface area contributed by atoms with Crippen LogP contribution in [-0.4, -0.2) is 16.3 Å². The molecule has 5 nitrogen and oxygen atoms in total. The van der Waals surface area contributed by atoms with Gasteiger partial charge in [-0.15, -0.1) is 0 Å². The van der Waals surface area contributed by atoms with Crippen molar-refractivity contribution in [1.29, 1.82) is 0 Å². The number of aliphatic imine (C=N–C) groups is 1. The van der Waals surface area contributed by atoms with Gasteiger partial charge in [0.05, 0.1) is 11.8 Å². The predicted octanol–water partition coefficient (Wildman–Crippen LogP) is 11.7. The molecule has 0 spiro atoms. The number of furan rings is 1. The topological polar surface area (TPSA) is 38.2 Å². The Bertz CT molecular complexity index is 3050. The van der Waals surface area contributed by atoms with Crippen molar-refractivity contribution in [3.63, 3.8) is 0 Å². The smallest absolute Gasteiger partial charge is 0.338 e. The van der Waals surface area contributed by atoms with Gasteiger partial charge in [0.15, 0.2) is 5.58 Å². The number of aryl methyl sites for hydroxylation is 2. The van der Waals surface area contributed by atoms with Crippen molar-refractivity contribution in [2.75, 3.05) is 0 Å². The van der Waals surface area contributed by atoms with Crippen LogP contribution in [0, 0.1) is 6.92 Å². The Balaban J connectivity index is 1.29. The highest BCUT2D eigenvalue weighted by Gasteiger charge is 2.45. The van der Waals surface area contributed by atoms with E-state index in [9.17, 15) is 0 Å². The van der Waals surface area contributed by atoms with Crippen molar-refractivity contribution in [2.24, 2.45) is 4.99 Å². The largest absolute Gasteiger partial charge is 0.455 e. The second-order valence-electron chi connectivity index (χ2n) is 16.6. The van der Waals surface area contributed by atoms with Crippen LogP contribution in [0.5, 0.6) is 0 Å². The number of hydrogen-bond acceptors (Lipinski definition) is 2. The molecule has 0 N–H and O–H groups in total. The van der Waals surface area contributed by atoms with Gasteiger partial charge in [-0.2, -0.15) is 9.13 Å². The first-order valence-electron chi connectivity index (χ1n) is 20.5. The first-order valence-corrected chi connectivity index (χ1v) is 20.5. The van der Waals surface area contributed by atoms with Gasteiger partial charge in [-0.1, -0.05) is 112 Å². The molecule has 0 radical (unpaired) electrons. The van der Waals surface area contributed by atoms with E-state index < -0.39 is 0 Å². The van der Waals surface area contributed by atoms with Gasteiger partial charge in [-0.25, -0.2) is 4.57 Å². The van der Waals surface area contributed by atoms with E-state index in [1.165, 1.54) is 56.0 Å². The molecule has 5 heteroatoms. The number of allylic oxidation sites excluding steroid dienone is 1. The van der Waals surface area contributed by atoms with Crippen LogP contribution in [0.4, 0.5) is 0 Å². The molecule has 6 heterocycles. The summed E-state index contributed by atoms with van der Waals surface area (Å²) in [4.78, 5) is 5.46. The minimum Gasteiger partial charge on any atom is -0.455 e. The third-order valence-corrected chi connectivity index (χ3v) is 13.1. The number of hydrogen-bond donors (Lipinski definition) is 0. The Kier molecular flexibility index (Phi) is 7.50. The van der Waals surface area contributed by atoms with Crippen LogP contribution in [0.15, 0.2) is 144 Å². The molecule has 3 atom stereocenters. The molecular weight excluding hydrogens is 697 g/mol. The standard InChI is InChI=1S/C52H46N4O/c1-7-44-38-18-12-11-17-37(38)39-24-22-35-23-25-41-40-19-13-14-20-47(40)57-50(41)48(35)52-55(32(5)27-45(39)53-44)46-26-21-31(4)54-33(6)43-29-36(34-15-9-8-10-16-34)28-42(30(2)3)49(43)56(52)51(46)54/h7-21,23,25-26,28-30,33,39,45H,1,5,22,24,27H2,2-4,6H3/q+2. The van der Waals surface area contributed by atoms with Crippen LogP contribution < -0.4 is 9.13 Å². The number of benzene rings is 5. The van der Waals surface area contributed by atoms with E-state index in [1.807, 2.05) is 6.08 Å². The number of para-hydroxylation sites is 1. The quantitative estimate of drug-likeness (QED) is 0.166. The summed E-state index contributed by atoms with van der Waals surface area (Å²) in [7, 11) is 0. The molecule has 278 valence electrons. The minimum atomic E-state index is 0.0178. The Morgan fingerprint density at radius 3 is 2.47 bits per heavy atom. The van der Waals surface area contributed by atoms with Gasteiger partial charge in [0.1, 0.15) is 34.3 Å². The van der Waals surface area contributed by atoms with Crippen LogP contribution in [0.25, 0.3) is 67.0 Å². The van der Waals surface area contributed by atoms with Crippen molar-refractivity contribution in [3.8, 4) is 28.2 Å². The molecule has 3 aromatic heterocycles. The number of nitrogens with zero attached hydrogens (tertiary/aromatic N) is 4. The lowest BCUT2D eigenvalue weighted by Gasteiger charge is -2.32. The maximum absolute atomic E-state index is 7.04. The Hall–Kier alpha value is -6.33. The van der Waals surface area contributed by atoms with Gasteiger partial charge in [0.25, 0.3) is 0 Å². The van der Waals surface area contributed by atoms with E-state index in [1.54, 1.807) is 0 Å². The fourth-order valence-corrected chi connectivity index (χ4v) is 10.5. The zero-order valence-corrected chi connectivity index (χ0v) is 33.1. The Labute approximate surface area is 333 Å². The molecule has 0 fully saturated rings. The normalized spacial score (nSPS) is 18.5. The Morgan fingerprint density at radius 1 is 0.860 bits per heavy atom. The van der Waals surface area contributed by atoms with E-state index in [-0.39, 0.29) is 23.9 Å². The van der Waals surface area contributed by atoms with Gasteiger partial charge < -0.3 is 4.42 Å². The van der Waals surface area contributed by atoms with Crippen LogP contribution in [-0.2, 0) is 6.42 Å². The van der Waals surface area contributed by atoms with Gasteiger partial charge in [0.2, 0.25) is 5.52 Å². The maximum Gasteiger partial charge on any atom is 0.338 e. The zero-order valence-electron chi connectivity index (χ0n) is 33.1. The highest BCUT2D eigenvalue weighted by molar-refractivity contribution is 6.11. The number of fused-ring (bicyclic) bond motifs is 14. The Morgan fingerprint density at radius 2 is 1.65 bits per heavy atom. The van der Waals surface area contributed by atoms with Crippen LogP contribution in [0.3, 0.4) is 0 Å². The number of pyridine rings is 1. The zero-order chi connectivity index (χ0) is 38.7. The van der Waals surface area contributed by atoms with Gasteiger partial charge >= 0.3 is 11.5 Å². The molecule has 0 aliphatic carbocycles. The third kappa shape index (κ3) is 4.84. The van der Waals surface area contributed by atoms with Gasteiger partial charge in [0, 0.05) is 39.8 Å². The molecule has 3 unspecified atom stereocenters. The molecule has 0 amide bonds. The number of aromatic nitrogens is 3. The molecule has 0 saturated carbocycles. The number of rotatable bonds is 3. The third-order valence-electron chi connectivity index (χ3n) is 13.1. The summed E-state index contributed by atoms with van der Waals surface area (Å²) in [6.45, 7) is 18.5. The van der Waals surface area contributed by atoms with E-state index in [0.29, 0.717) is 6.42 Å². The van der Waals surface area contributed by atoms with Crippen LogP contribution >= 0.6 is 0 Å². The molecular formula is C52H46N4O+2. The molecule has 0 saturated heterocycles. The van der Waals surface area contributed by atoms with E-state index in [4.69, 9.17) is 16.0 Å². The monoisotopic (exact) mass is 742 g/mol. The highest BCUT2D eigenvalue weighted by atomic mass is 16.3. The van der Waals surface area contributed by atoms with E-state index >= 15 is 0 Å². The SMILES string of the molecule is C=CC1=NC2CC(=C)[n+]3c(n4c5c3ccc(C)[n+]5C(C)c3cc(-c5ccccc5)cc(C(C)C)c3-4)-c3c(ccc4c3oc3ccccc34)CCC2c2ccccc21. The van der Waals surface area contributed by atoms with Crippen molar-refractivity contribution in [3.05, 3.63) is 168 Å². The molecule has 0 bridgehead atoms. The maximum atomic E-state index is 7.04. The van der Waals surface area contributed by atoms with Crippen LogP contribution in [0.2, 0.25) is 0 Å². The summed E-state index contributed by atoms with van der Waals surface area (Å²) in [5.74, 6) is 1.59. The fraction of sp³-hybridized carbons (Fsp3) is 0.212. The molecule has 57 heavy (non-hydrogen) atoms. The molecule has 8 aromatic rings. The van der Waals surface area contributed by atoms with Crippen molar-refractivity contribution >= 4 is 44.5 Å². The van der Waals surface area contributed by atoms with E-state index in [2.05, 4.69) is 163 Å². The second kappa shape index (κ2) is 12.6. The van der Waals surface area contributed by atoms with Gasteiger partial charge in [-0.3, -0.25) is 4.99 Å². The molecule has 3 aliphatic rings. The summed E-state index contributed by atoms with van der Waals surface area (Å²) in [6.07, 6.45) is 4.46. The van der Waals surface area contributed by atoms with E-state index in [0.717, 1.165) is 63.1 Å². The minimum absolute atomic E-state index is 0.0178. The fourth-order valence-electron chi connectivity index (χ4n) is 10.5. The van der Waals surface area contributed by atoms with Crippen molar-refractivity contribution in [2.45, 2.75) is 70.9 Å². The molecule has 3 aliphatic heterocycles. The number of imidazole rings is 1. The molecule has 11 rings (SSSR count). The summed E-state index contributed by atoms with van der Waals surface area (Å²) in [5.41, 5.74) is 18.7.